The van der Waals surface area contributed by atoms with Gasteiger partial charge in [-0.2, -0.15) is 0 Å². The SMILES string of the molecule is O=C(CSc1nc2sccc2c(=O)n1-c1ccccc1)NC(=O)Cc1ccccc1. The van der Waals surface area contributed by atoms with E-state index in [1.165, 1.54) is 15.9 Å². The number of rotatable bonds is 6. The Morgan fingerprint density at radius 2 is 1.67 bits per heavy atom. The fourth-order valence-corrected chi connectivity index (χ4v) is 4.56. The first-order chi connectivity index (χ1) is 14.6. The average Bonchev–Trinajstić information content (AvgIpc) is 3.22. The molecule has 8 heteroatoms. The minimum atomic E-state index is -0.430. The van der Waals surface area contributed by atoms with E-state index in [-0.39, 0.29) is 23.6 Å². The molecule has 0 bridgehead atoms. The number of para-hydroxylation sites is 1. The van der Waals surface area contributed by atoms with Crippen LogP contribution in [0.4, 0.5) is 0 Å². The lowest BCUT2D eigenvalue weighted by molar-refractivity contribution is -0.128. The van der Waals surface area contributed by atoms with E-state index < -0.39 is 5.91 Å². The normalized spacial score (nSPS) is 10.8. The molecule has 4 aromatic rings. The maximum atomic E-state index is 13.0. The van der Waals surface area contributed by atoms with Gasteiger partial charge >= 0.3 is 0 Å². The highest BCUT2D eigenvalue weighted by atomic mass is 32.2. The average molecular weight is 436 g/mol. The molecule has 0 unspecified atom stereocenters. The molecule has 0 aliphatic carbocycles. The van der Waals surface area contributed by atoms with Crippen LogP contribution in [0, 0.1) is 0 Å². The summed E-state index contributed by atoms with van der Waals surface area (Å²) in [5, 5.41) is 5.16. The number of thiophene rings is 1. The van der Waals surface area contributed by atoms with Crippen molar-refractivity contribution < 1.29 is 9.59 Å². The van der Waals surface area contributed by atoms with Gasteiger partial charge in [-0.15, -0.1) is 11.3 Å². The standard InChI is InChI=1S/C22H17N3O3S2/c26-18(13-15-7-3-1-4-8-15)23-19(27)14-30-22-24-20-17(11-12-29-20)21(28)25(22)16-9-5-2-6-10-16/h1-12H,13-14H2,(H,23,26,27). The topological polar surface area (TPSA) is 81.1 Å². The molecule has 150 valence electrons. The molecular formula is C22H17N3O3S2. The van der Waals surface area contributed by atoms with Gasteiger partial charge in [0.15, 0.2) is 5.16 Å². The number of hydrogen-bond acceptors (Lipinski definition) is 6. The number of carbonyl (C=O) groups excluding carboxylic acids is 2. The molecule has 2 heterocycles. The second-order valence-electron chi connectivity index (χ2n) is 6.43. The van der Waals surface area contributed by atoms with E-state index >= 15 is 0 Å². The highest BCUT2D eigenvalue weighted by Gasteiger charge is 2.16. The number of nitrogens with zero attached hydrogens (tertiary/aromatic N) is 2. The van der Waals surface area contributed by atoms with Crippen LogP contribution in [0.15, 0.2) is 82.1 Å². The van der Waals surface area contributed by atoms with Crippen LogP contribution in [0.3, 0.4) is 0 Å². The van der Waals surface area contributed by atoms with Crippen LogP contribution >= 0.6 is 23.1 Å². The first kappa shape index (κ1) is 20.1. The lowest BCUT2D eigenvalue weighted by Crippen LogP contribution is -2.33. The summed E-state index contributed by atoms with van der Waals surface area (Å²) in [6.45, 7) is 0. The molecule has 0 saturated carbocycles. The third-order valence-corrected chi connectivity index (χ3v) is 6.05. The van der Waals surface area contributed by atoms with Crippen molar-refractivity contribution in [1.82, 2.24) is 14.9 Å². The van der Waals surface area contributed by atoms with Gasteiger partial charge in [0.25, 0.3) is 5.56 Å². The Morgan fingerprint density at radius 1 is 0.967 bits per heavy atom. The van der Waals surface area contributed by atoms with Crippen molar-refractivity contribution in [2.45, 2.75) is 11.6 Å². The second kappa shape index (κ2) is 9.06. The molecule has 4 rings (SSSR count). The smallest absolute Gasteiger partial charge is 0.267 e. The number of aromatic nitrogens is 2. The van der Waals surface area contributed by atoms with Gasteiger partial charge in [-0.05, 0) is 29.1 Å². The first-order valence-electron chi connectivity index (χ1n) is 9.17. The Morgan fingerprint density at radius 3 is 2.40 bits per heavy atom. The minimum absolute atomic E-state index is 0.0311. The molecule has 0 radical (unpaired) electrons. The Hall–Kier alpha value is -3.23. The Labute approximate surface area is 180 Å². The highest BCUT2D eigenvalue weighted by molar-refractivity contribution is 7.99. The van der Waals surface area contributed by atoms with E-state index in [1.54, 1.807) is 6.07 Å². The zero-order chi connectivity index (χ0) is 20.9. The van der Waals surface area contributed by atoms with Crippen LogP contribution in [-0.2, 0) is 16.0 Å². The molecule has 0 aliphatic rings. The van der Waals surface area contributed by atoms with Crippen molar-refractivity contribution in [3.05, 3.63) is 88.0 Å². The summed E-state index contributed by atoms with van der Waals surface area (Å²) in [4.78, 5) is 42.6. The van der Waals surface area contributed by atoms with Gasteiger partial charge in [-0.3, -0.25) is 24.3 Å². The van der Waals surface area contributed by atoms with E-state index in [1.807, 2.05) is 66.0 Å². The molecule has 0 fully saturated rings. The third kappa shape index (κ3) is 4.50. The fourth-order valence-electron chi connectivity index (χ4n) is 2.94. The molecule has 0 aliphatic heterocycles. The maximum Gasteiger partial charge on any atom is 0.267 e. The zero-order valence-electron chi connectivity index (χ0n) is 15.8. The number of benzene rings is 2. The fraction of sp³-hybridized carbons (Fsp3) is 0.0909. The number of thioether (sulfide) groups is 1. The van der Waals surface area contributed by atoms with Gasteiger partial charge in [0.05, 0.1) is 23.2 Å². The predicted molar refractivity (Wildman–Crippen MR) is 119 cm³/mol. The van der Waals surface area contributed by atoms with Crippen molar-refractivity contribution >= 4 is 45.1 Å². The monoisotopic (exact) mass is 435 g/mol. The molecule has 0 saturated heterocycles. The Bertz CT molecular complexity index is 1250. The van der Waals surface area contributed by atoms with E-state index in [0.29, 0.717) is 21.1 Å². The highest BCUT2D eigenvalue weighted by Crippen LogP contribution is 2.23. The van der Waals surface area contributed by atoms with Crippen molar-refractivity contribution in [2.75, 3.05) is 5.75 Å². The third-order valence-electron chi connectivity index (χ3n) is 4.30. The van der Waals surface area contributed by atoms with Crippen LogP contribution < -0.4 is 10.9 Å². The number of fused-ring (bicyclic) bond motifs is 1. The lowest BCUT2D eigenvalue weighted by atomic mass is 10.1. The van der Waals surface area contributed by atoms with E-state index in [9.17, 15) is 14.4 Å². The summed E-state index contributed by atoms with van der Waals surface area (Å²) in [5.41, 5.74) is 1.32. The van der Waals surface area contributed by atoms with E-state index in [4.69, 9.17) is 0 Å². The molecule has 0 atom stereocenters. The Kier molecular flexibility index (Phi) is 6.06. The summed E-state index contributed by atoms with van der Waals surface area (Å²) in [7, 11) is 0. The van der Waals surface area contributed by atoms with Gasteiger partial charge in [-0.1, -0.05) is 60.3 Å². The number of nitrogens with one attached hydrogen (secondary N) is 1. The Balaban J connectivity index is 1.51. The number of carbonyl (C=O) groups is 2. The number of amides is 2. The summed E-state index contributed by atoms with van der Waals surface area (Å²) >= 11 is 2.50. The summed E-state index contributed by atoms with van der Waals surface area (Å²) in [6, 6.07) is 20.1. The van der Waals surface area contributed by atoms with Crippen LogP contribution in [0.5, 0.6) is 0 Å². The predicted octanol–water partition coefficient (Wildman–Crippen LogP) is 3.42. The summed E-state index contributed by atoms with van der Waals surface area (Å²) in [6.07, 6.45) is 0.130. The van der Waals surface area contributed by atoms with Gasteiger partial charge in [0.2, 0.25) is 11.8 Å². The molecular weight excluding hydrogens is 418 g/mol. The maximum absolute atomic E-state index is 13.0. The first-order valence-corrected chi connectivity index (χ1v) is 11.0. The van der Waals surface area contributed by atoms with Crippen molar-refractivity contribution in [3.63, 3.8) is 0 Å². The molecule has 30 heavy (non-hydrogen) atoms. The largest absolute Gasteiger partial charge is 0.295 e. The molecule has 2 aromatic carbocycles. The van der Waals surface area contributed by atoms with Crippen molar-refractivity contribution in [1.29, 1.82) is 0 Å². The zero-order valence-corrected chi connectivity index (χ0v) is 17.4. The molecule has 6 nitrogen and oxygen atoms in total. The molecule has 2 amide bonds. The minimum Gasteiger partial charge on any atom is -0.295 e. The van der Waals surface area contributed by atoms with Gasteiger partial charge in [-0.25, -0.2) is 4.98 Å². The molecule has 0 spiro atoms. The van der Waals surface area contributed by atoms with Crippen molar-refractivity contribution in [3.8, 4) is 5.69 Å². The lowest BCUT2D eigenvalue weighted by Gasteiger charge is -2.12. The van der Waals surface area contributed by atoms with Crippen LogP contribution in [0.2, 0.25) is 0 Å². The van der Waals surface area contributed by atoms with E-state index in [2.05, 4.69) is 10.3 Å². The summed E-state index contributed by atoms with van der Waals surface area (Å²) in [5.74, 6) is -0.827. The van der Waals surface area contributed by atoms with Crippen LogP contribution in [0.1, 0.15) is 5.56 Å². The van der Waals surface area contributed by atoms with Gasteiger partial charge in [0, 0.05) is 0 Å². The number of imide groups is 1. The summed E-state index contributed by atoms with van der Waals surface area (Å²) < 4.78 is 1.50. The van der Waals surface area contributed by atoms with Gasteiger partial charge < -0.3 is 0 Å². The van der Waals surface area contributed by atoms with Crippen LogP contribution in [-0.4, -0.2) is 27.1 Å². The second-order valence-corrected chi connectivity index (χ2v) is 8.27. The van der Waals surface area contributed by atoms with Gasteiger partial charge in [0.1, 0.15) is 4.83 Å². The van der Waals surface area contributed by atoms with Crippen LogP contribution in [0.25, 0.3) is 15.9 Å². The van der Waals surface area contributed by atoms with Crippen molar-refractivity contribution in [2.24, 2.45) is 0 Å². The molecule has 1 N–H and O–H groups in total. The van der Waals surface area contributed by atoms with E-state index in [0.717, 1.165) is 17.3 Å². The molecule has 2 aromatic heterocycles. The quantitative estimate of drug-likeness (QED) is 0.371. The number of hydrogen-bond donors (Lipinski definition) is 1.